The summed E-state index contributed by atoms with van der Waals surface area (Å²) < 4.78 is 0. The Morgan fingerprint density at radius 1 is 0.931 bits per heavy atom. The first-order chi connectivity index (χ1) is 13.8. The van der Waals surface area contributed by atoms with Gasteiger partial charge in [-0.2, -0.15) is 0 Å². The van der Waals surface area contributed by atoms with Crippen LogP contribution in [0.3, 0.4) is 0 Å². The second-order valence-corrected chi connectivity index (χ2v) is 7.11. The van der Waals surface area contributed by atoms with Crippen LogP contribution >= 0.6 is 0 Å². The molecule has 0 unspecified atom stereocenters. The van der Waals surface area contributed by atoms with Crippen molar-refractivity contribution in [3.05, 3.63) is 65.2 Å². The summed E-state index contributed by atoms with van der Waals surface area (Å²) in [6.07, 6.45) is 0.248. The Hall–Kier alpha value is -3.48. The first-order valence-corrected chi connectivity index (χ1v) is 9.52. The maximum atomic E-state index is 13.0. The first-order valence-electron chi connectivity index (χ1n) is 9.52. The van der Waals surface area contributed by atoms with E-state index in [2.05, 4.69) is 10.6 Å². The molecule has 1 aliphatic rings. The van der Waals surface area contributed by atoms with Gasteiger partial charge >= 0.3 is 0 Å². The molecule has 7 heteroatoms. The molecule has 29 heavy (non-hydrogen) atoms. The molecule has 2 aromatic rings. The van der Waals surface area contributed by atoms with Crippen LogP contribution in [0.1, 0.15) is 58.3 Å². The van der Waals surface area contributed by atoms with Crippen LogP contribution in [-0.4, -0.2) is 40.6 Å². The van der Waals surface area contributed by atoms with E-state index < -0.39 is 23.8 Å². The fourth-order valence-corrected chi connectivity index (χ4v) is 3.32. The molecule has 2 N–H and O–H groups in total. The van der Waals surface area contributed by atoms with Gasteiger partial charge in [0.05, 0.1) is 22.4 Å². The summed E-state index contributed by atoms with van der Waals surface area (Å²) in [6.45, 7) is 5.41. The molecule has 2 aromatic carbocycles. The van der Waals surface area contributed by atoms with Crippen molar-refractivity contribution < 1.29 is 19.2 Å². The minimum absolute atomic E-state index is 0.0620. The first kappa shape index (κ1) is 20.3. The van der Waals surface area contributed by atoms with Crippen LogP contribution < -0.4 is 10.6 Å². The van der Waals surface area contributed by atoms with E-state index >= 15 is 0 Å². The minimum Gasteiger partial charge on any atom is -0.350 e. The maximum Gasteiger partial charge on any atom is 0.262 e. The quantitative estimate of drug-likeness (QED) is 0.738. The molecule has 3 rings (SSSR count). The van der Waals surface area contributed by atoms with E-state index in [1.807, 2.05) is 13.8 Å². The second-order valence-electron chi connectivity index (χ2n) is 7.11. The largest absolute Gasteiger partial charge is 0.350 e. The average Bonchev–Trinajstić information content (AvgIpc) is 2.94. The van der Waals surface area contributed by atoms with E-state index in [0.717, 1.165) is 4.90 Å². The van der Waals surface area contributed by atoms with E-state index in [4.69, 9.17) is 0 Å². The molecule has 1 atom stereocenters. The number of nitrogens with one attached hydrogen (secondary N) is 2. The lowest BCUT2D eigenvalue weighted by atomic mass is 10.1. The third kappa shape index (κ3) is 3.89. The van der Waals surface area contributed by atoms with Crippen molar-refractivity contribution in [2.45, 2.75) is 39.3 Å². The highest BCUT2D eigenvalue weighted by molar-refractivity contribution is 6.23. The van der Waals surface area contributed by atoms with E-state index in [1.165, 1.54) is 0 Å². The molecule has 150 valence electrons. The van der Waals surface area contributed by atoms with Gasteiger partial charge in [0.25, 0.3) is 17.7 Å². The van der Waals surface area contributed by atoms with E-state index in [-0.39, 0.29) is 18.4 Å². The summed E-state index contributed by atoms with van der Waals surface area (Å²) >= 11 is 0. The van der Waals surface area contributed by atoms with Crippen molar-refractivity contribution in [1.82, 2.24) is 10.2 Å². The zero-order chi connectivity index (χ0) is 21.1. The molecule has 0 saturated carbocycles. The molecule has 0 aliphatic carbocycles. The van der Waals surface area contributed by atoms with Crippen LogP contribution in [0.2, 0.25) is 0 Å². The molecule has 4 amide bonds. The van der Waals surface area contributed by atoms with Gasteiger partial charge < -0.3 is 10.6 Å². The third-order valence-electron chi connectivity index (χ3n) is 4.68. The summed E-state index contributed by atoms with van der Waals surface area (Å²) in [5.41, 5.74) is 1.22. The SMILES string of the molecule is CC[C@H](C(=O)Nc1ccccc1C(=O)NC(C)C)N1C(=O)c2ccccc2C1=O. The Kier molecular flexibility index (Phi) is 5.77. The molecule has 1 aliphatic heterocycles. The molecule has 0 spiro atoms. The summed E-state index contributed by atoms with van der Waals surface area (Å²) in [4.78, 5) is 51.8. The summed E-state index contributed by atoms with van der Waals surface area (Å²) in [5.74, 6) is -1.81. The fourth-order valence-electron chi connectivity index (χ4n) is 3.32. The second kappa shape index (κ2) is 8.26. The van der Waals surface area contributed by atoms with Crippen LogP contribution in [-0.2, 0) is 4.79 Å². The van der Waals surface area contributed by atoms with Crippen molar-refractivity contribution in [1.29, 1.82) is 0 Å². The molecule has 0 bridgehead atoms. The molecule has 0 aromatic heterocycles. The van der Waals surface area contributed by atoms with Gasteiger partial charge in [-0.25, -0.2) is 0 Å². The minimum atomic E-state index is -0.983. The van der Waals surface area contributed by atoms with Gasteiger partial charge in [0.2, 0.25) is 5.91 Å². The summed E-state index contributed by atoms with van der Waals surface area (Å²) in [7, 11) is 0. The van der Waals surface area contributed by atoms with Crippen LogP contribution in [0.15, 0.2) is 48.5 Å². The molecular weight excluding hydrogens is 370 g/mol. The van der Waals surface area contributed by atoms with Gasteiger partial charge in [-0.3, -0.25) is 24.1 Å². The Morgan fingerprint density at radius 2 is 1.48 bits per heavy atom. The number of benzene rings is 2. The van der Waals surface area contributed by atoms with Crippen LogP contribution in [0, 0.1) is 0 Å². The van der Waals surface area contributed by atoms with E-state index in [0.29, 0.717) is 22.4 Å². The van der Waals surface area contributed by atoms with E-state index in [9.17, 15) is 19.2 Å². The molecule has 0 radical (unpaired) electrons. The number of hydrogen-bond donors (Lipinski definition) is 2. The number of nitrogens with zero attached hydrogens (tertiary/aromatic N) is 1. The zero-order valence-corrected chi connectivity index (χ0v) is 16.6. The van der Waals surface area contributed by atoms with E-state index in [1.54, 1.807) is 55.5 Å². The molecular formula is C22H23N3O4. The van der Waals surface area contributed by atoms with Gasteiger partial charge in [-0.1, -0.05) is 31.2 Å². The van der Waals surface area contributed by atoms with Crippen LogP contribution in [0.5, 0.6) is 0 Å². The molecule has 1 heterocycles. The number of imide groups is 1. The predicted octanol–water partition coefficient (Wildman–Crippen LogP) is 2.84. The van der Waals surface area contributed by atoms with Gasteiger partial charge in [-0.15, -0.1) is 0 Å². The number of fused-ring (bicyclic) bond motifs is 1. The third-order valence-corrected chi connectivity index (χ3v) is 4.68. The monoisotopic (exact) mass is 393 g/mol. The summed E-state index contributed by atoms with van der Waals surface area (Å²) in [6, 6.07) is 12.1. The lowest BCUT2D eigenvalue weighted by Gasteiger charge is -2.24. The predicted molar refractivity (Wildman–Crippen MR) is 109 cm³/mol. The normalized spacial score (nSPS) is 14.0. The van der Waals surface area contributed by atoms with Gasteiger partial charge in [0.15, 0.2) is 0 Å². The lowest BCUT2D eigenvalue weighted by Crippen LogP contribution is -2.47. The summed E-state index contributed by atoms with van der Waals surface area (Å²) in [5, 5.41) is 5.50. The van der Waals surface area contributed by atoms with Crippen molar-refractivity contribution >= 4 is 29.3 Å². The van der Waals surface area contributed by atoms with Crippen molar-refractivity contribution in [2.75, 3.05) is 5.32 Å². The van der Waals surface area contributed by atoms with Crippen LogP contribution in [0.4, 0.5) is 5.69 Å². The van der Waals surface area contributed by atoms with Crippen LogP contribution in [0.25, 0.3) is 0 Å². The fraction of sp³-hybridized carbons (Fsp3) is 0.273. The number of hydrogen-bond acceptors (Lipinski definition) is 4. The standard InChI is InChI=1S/C22H23N3O4/c1-4-18(25-21(28)14-9-5-6-10-15(14)22(25)29)20(27)24-17-12-8-7-11-16(17)19(26)23-13(2)3/h5-13,18H,4H2,1-3H3,(H,23,26)(H,24,27)/t18-/m1/s1. The topological polar surface area (TPSA) is 95.6 Å². The van der Waals surface area contributed by atoms with Crippen molar-refractivity contribution in [3.8, 4) is 0 Å². The molecule has 0 fully saturated rings. The zero-order valence-electron chi connectivity index (χ0n) is 16.6. The Bertz CT molecular complexity index is 949. The number of rotatable bonds is 6. The average molecular weight is 393 g/mol. The Labute approximate surface area is 169 Å². The van der Waals surface area contributed by atoms with Gasteiger partial charge in [0.1, 0.15) is 6.04 Å². The maximum absolute atomic E-state index is 13.0. The highest BCUT2D eigenvalue weighted by Gasteiger charge is 2.42. The number of carbonyl (C=O) groups is 4. The molecule has 0 saturated heterocycles. The van der Waals surface area contributed by atoms with Gasteiger partial charge in [0, 0.05) is 6.04 Å². The highest BCUT2D eigenvalue weighted by Crippen LogP contribution is 2.26. The number of amides is 4. The highest BCUT2D eigenvalue weighted by atomic mass is 16.2. The van der Waals surface area contributed by atoms with Gasteiger partial charge in [-0.05, 0) is 44.5 Å². The number of anilines is 1. The van der Waals surface area contributed by atoms with Crippen molar-refractivity contribution in [2.24, 2.45) is 0 Å². The van der Waals surface area contributed by atoms with Crippen molar-refractivity contribution in [3.63, 3.8) is 0 Å². The Morgan fingerprint density at radius 3 is 2.03 bits per heavy atom. The Balaban J connectivity index is 1.85. The number of para-hydroxylation sites is 1. The lowest BCUT2D eigenvalue weighted by molar-refractivity contribution is -0.120. The number of carbonyl (C=O) groups excluding carboxylic acids is 4. The molecule has 7 nitrogen and oxygen atoms in total. The smallest absolute Gasteiger partial charge is 0.262 e.